The summed E-state index contributed by atoms with van der Waals surface area (Å²) in [5, 5.41) is 3.27. The molecule has 0 radical (unpaired) electrons. The lowest BCUT2D eigenvalue weighted by atomic mass is 10.0. The molecule has 2 heterocycles. The van der Waals surface area contributed by atoms with E-state index in [0.29, 0.717) is 44.7 Å². The number of hydrogen-bond acceptors (Lipinski definition) is 7. The summed E-state index contributed by atoms with van der Waals surface area (Å²) < 4.78 is 15.3. The summed E-state index contributed by atoms with van der Waals surface area (Å²) in [5.41, 5.74) is 1.59. The maximum absolute atomic E-state index is 12.1. The van der Waals surface area contributed by atoms with Crippen molar-refractivity contribution in [1.82, 2.24) is 10.2 Å². The van der Waals surface area contributed by atoms with Crippen LogP contribution in [0.25, 0.3) is 0 Å². The second kappa shape index (κ2) is 15.9. The predicted octanol–water partition coefficient (Wildman–Crippen LogP) is 3.85. The first-order chi connectivity index (χ1) is 16.5. The highest BCUT2D eigenvalue weighted by molar-refractivity contribution is 5.88. The Balaban J connectivity index is 0.000000287. The number of nitrogens with zero attached hydrogens (tertiary/aromatic N) is 1. The van der Waals surface area contributed by atoms with Crippen LogP contribution in [-0.2, 0) is 30.4 Å². The molecule has 0 bridgehead atoms. The number of rotatable bonds is 6. The Morgan fingerprint density at radius 2 is 1.74 bits per heavy atom. The number of carbonyl (C=O) groups excluding carboxylic acids is 3. The van der Waals surface area contributed by atoms with Gasteiger partial charge in [0, 0.05) is 18.7 Å². The summed E-state index contributed by atoms with van der Waals surface area (Å²) >= 11 is 0. The molecule has 1 aromatic rings. The molecule has 0 spiro atoms. The monoisotopic (exact) mass is 474 g/mol. The lowest BCUT2D eigenvalue weighted by Crippen LogP contribution is -2.32. The first-order valence-corrected chi connectivity index (χ1v) is 12.2. The van der Waals surface area contributed by atoms with Gasteiger partial charge in [-0.15, -0.1) is 0 Å². The number of ether oxygens (including phenoxy) is 3. The molecular weight excluding hydrogens is 436 g/mol. The maximum atomic E-state index is 12.1. The minimum absolute atomic E-state index is 0.0128. The van der Waals surface area contributed by atoms with Gasteiger partial charge in [0.15, 0.2) is 0 Å². The van der Waals surface area contributed by atoms with E-state index in [2.05, 4.69) is 5.32 Å². The maximum Gasteiger partial charge on any atom is 0.410 e. The average Bonchev–Trinajstić information content (AvgIpc) is 3.28. The highest BCUT2D eigenvalue weighted by Crippen LogP contribution is 2.15. The second-order valence-electron chi connectivity index (χ2n) is 8.15. The van der Waals surface area contributed by atoms with E-state index in [1.165, 1.54) is 0 Å². The van der Waals surface area contributed by atoms with Crippen LogP contribution in [-0.4, -0.2) is 62.3 Å². The molecule has 0 aromatic heterocycles. The molecule has 3 rings (SSSR count). The van der Waals surface area contributed by atoms with Gasteiger partial charge in [-0.25, -0.2) is 9.59 Å². The minimum Gasteiger partial charge on any atom is -0.466 e. The van der Waals surface area contributed by atoms with Crippen LogP contribution in [0.4, 0.5) is 4.79 Å². The Kier molecular flexibility index (Phi) is 12.8. The van der Waals surface area contributed by atoms with Crippen molar-refractivity contribution in [3.8, 4) is 0 Å². The van der Waals surface area contributed by atoms with E-state index in [0.717, 1.165) is 37.9 Å². The molecule has 1 unspecified atom stereocenters. The van der Waals surface area contributed by atoms with Crippen LogP contribution in [0.2, 0.25) is 0 Å². The van der Waals surface area contributed by atoms with Crippen LogP contribution in [0.1, 0.15) is 51.5 Å². The largest absolute Gasteiger partial charge is 0.466 e. The molecule has 1 aromatic carbocycles. The zero-order valence-corrected chi connectivity index (χ0v) is 20.4. The normalized spacial score (nSPS) is 18.2. The van der Waals surface area contributed by atoms with Gasteiger partial charge in [0.2, 0.25) is 0 Å². The standard InChI is InChI=1S/C17H21NO4.C9H17NO2/c1-2-21-16(19)15-9-6-11-18(12-10-15)17(20)22-13-14-7-4-3-5-8-14;1-2-12-9(11)8-4-3-6-10-7-5-8/h3-5,7-9H,2,6,10-13H2,1H3;8,10H,2-7H2,1H3. The van der Waals surface area contributed by atoms with E-state index in [-0.39, 0.29) is 30.6 Å². The Labute approximate surface area is 202 Å². The molecule has 8 nitrogen and oxygen atoms in total. The molecule has 188 valence electrons. The van der Waals surface area contributed by atoms with Crippen LogP contribution in [0.15, 0.2) is 42.0 Å². The quantitative estimate of drug-likeness (QED) is 0.494. The van der Waals surface area contributed by atoms with Crippen molar-refractivity contribution >= 4 is 18.0 Å². The Morgan fingerprint density at radius 3 is 2.47 bits per heavy atom. The van der Waals surface area contributed by atoms with Gasteiger partial charge in [-0.1, -0.05) is 36.4 Å². The molecule has 0 aliphatic carbocycles. The number of benzene rings is 1. The van der Waals surface area contributed by atoms with Crippen molar-refractivity contribution in [2.45, 2.75) is 52.6 Å². The van der Waals surface area contributed by atoms with E-state index in [9.17, 15) is 14.4 Å². The summed E-state index contributed by atoms with van der Waals surface area (Å²) in [6, 6.07) is 9.56. The van der Waals surface area contributed by atoms with Gasteiger partial charge in [0.05, 0.1) is 19.1 Å². The molecule has 1 N–H and O–H groups in total. The number of nitrogens with one attached hydrogen (secondary N) is 1. The van der Waals surface area contributed by atoms with Crippen molar-refractivity contribution in [3.05, 3.63) is 47.5 Å². The molecule has 1 saturated heterocycles. The average molecular weight is 475 g/mol. The van der Waals surface area contributed by atoms with Gasteiger partial charge in [-0.3, -0.25) is 4.79 Å². The third-order valence-electron chi connectivity index (χ3n) is 5.64. The molecule has 34 heavy (non-hydrogen) atoms. The van der Waals surface area contributed by atoms with Crippen LogP contribution < -0.4 is 5.32 Å². The SMILES string of the molecule is CCOC(=O)C1=CCCN(C(=O)OCc2ccccc2)CC1.CCOC(=O)C1CCCNCC1. The zero-order valence-electron chi connectivity index (χ0n) is 20.4. The van der Waals surface area contributed by atoms with Crippen molar-refractivity contribution < 1.29 is 28.6 Å². The van der Waals surface area contributed by atoms with Crippen LogP contribution in [0, 0.1) is 5.92 Å². The fourth-order valence-electron chi connectivity index (χ4n) is 3.78. The topological polar surface area (TPSA) is 94.2 Å². The van der Waals surface area contributed by atoms with Gasteiger partial charge in [-0.2, -0.15) is 0 Å². The van der Waals surface area contributed by atoms with E-state index < -0.39 is 0 Å². The lowest BCUT2D eigenvalue weighted by Gasteiger charge is -2.20. The number of amides is 1. The summed E-state index contributed by atoms with van der Waals surface area (Å²) in [5.74, 6) is -0.164. The molecular formula is C26H38N2O6. The van der Waals surface area contributed by atoms with Crippen molar-refractivity contribution in [1.29, 1.82) is 0 Å². The first-order valence-electron chi connectivity index (χ1n) is 12.2. The number of esters is 2. The Hall–Kier alpha value is -2.87. The molecule has 1 fully saturated rings. The van der Waals surface area contributed by atoms with Crippen molar-refractivity contribution in [3.63, 3.8) is 0 Å². The van der Waals surface area contributed by atoms with Gasteiger partial charge < -0.3 is 24.4 Å². The fourth-order valence-corrected chi connectivity index (χ4v) is 3.78. The Morgan fingerprint density at radius 1 is 0.971 bits per heavy atom. The predicted molar refractivity (Wildman–Crippen MR) is 129 cm³/mol. The van der Waals surface area contributed by atoms with Crippen molar-refractivity contribution in [2.24, 2.45) is 5.92 Å². The first kappa shape index (κ1) is 27.4. The summed E-state index contributed by atoms with van der Waals surface area (Å²) in [6.45, 7) is 7.76. The van der Waals surface area contributed by atoms with E-state index in [1.807, 2.05) is 43.3 Å². The number of hydrogen-bond donors (Lipinski definition) is 1. The van der Waals surface area contributed by atoms with Crippen LogP contribution in [0.3, 0.4) is 0 Å². The minimum atomic E-state index is -0.345. The molecule has 2 aliphatic rings. The van der Waals surface area contributed by atoms with Gasteiger partial charge in [-0.05, 0) is 64.6 Å². The molecule has 2 aliphatic heterocycles. The lowest BCUT2D eigenvalue weighted by molar-refractivity contribution is -0.148. The van der Waals surface area contributed by atoms with E-state index >= 15 is 0 Å². The zero-order chi connectivity index (χ0) is 24.6. The van der Waals surface area contributed by atoms with Crippen LogP contribution in [0.5, 0.6) is 0 Å². The second-order valence-corrected chi connectivity index (χ2v) is 8.15. The van der Waals surface area contributed by atoms with Gasteiger partial charge in [0.1, 0.15) is 6.61 Å². The van der Waals surface area contributed by atoms with Crippen molar-refractivity contribution in [2.75, 3.05) is 39.4 Å². The fraction of sp³-hybridized carbons (Fsp3) is 0.577. The third-order valence-corrected chi connectivity index (χ3v) is 5.64. The smallest absolute Gasteiger partial charge is 0.410 e. The molecule has 0 saturated carbocycles. The summed E-state index contributed by atoms with van der Waals surface area (Å²) in [6.07, 6.45) is 5.63. The molecule has 8 heteroatoms. The highest BCUT2D eigenvalue weighted by atomic mass is 16.6. The Bertz CT molecular complexity index is 788. The van der Waals surface area contributed by atoms with Gasteiger partial charge in [0.25, 0.3) is 0 Å². The molecule has 1 atom stereocenters. The molecule has 1 amide bonds. The summed E-state index contributed by atoms with van der Waals surface area (Å²) in [4.78, 5) is 36.7. The highest BCUT2D eigenvalue weighted by Gasteiger charge is 2.21. The van der Waals surface area contributed by atoms with Crippen LogP contribution >= 0.6 is 0 Å². The van der Waals surface area contributed by atoms with Gasteiger partial charge >= 0.3 is 18.0 Å². The number of carbonyl (C=O) groups is 3. The third kappa shape index (κ3) is 9.95. The van der Waals surface area contributed by atoms with E-state index in [1.54, 1.807) is 11.8 Å². The van der Waals surface area contributed by atoms with E-state index in [4.69, 9.17) is 14.2 Å². The summed E-state index contributed by atoms with van der Waals surface area (Å²) in [7, 11) is 0.